The molecule has 1 aromatic heterocycles. The molecule has 1 aliphatic heterocycles. The Balaban J connectivity index is 1.59. The van der Waals surface area contributed by atoms with Crippen LogP contribution in [-0.4, -0.2) is 39.9 Å². The van der Waals surface area contributed by atoms with Gasteiger partial charge < -0.3 is 5.32 Å². The van der Waals surface area contributed by atoms with Crippen molar-refractivity contribution in [2.24, 2.45) is 0 Å². The fraction of sp³-hybridized carbons (Fsp3) is 0.824. The van der Waals surface area contributed by atoms with E-state index in [4.69, 9.17) is 5.10 Å². The van der Waals surface area contributed by atoms with Gasteiger partial charge in [-0.05, 0) is 32.3 Å². The fourth-order valence-electron chi connectivity index (χ4n) is 3.76. The summed E-state index contributed by atoms with van der Waals surface area (Å²) in [6.45, 7) is 8.95. The van der Waals surface area contributed by atoms with Crippen molar-refractivity contribution in [3.8, 4) is 0 Å². The highest BCUT2D eigenvalue weighted by molar-refractivity contribution is 5.02. The molecule has 4 heteroatoms. The zero-order chi connectivity index (χ0) is 14.7. The van der Waals surface area contributed by atoms with Crippen molar-refractivity contribution in [1.82, 2.24) is 20.0 Å². The molecule has 4 nitrogen and oxygen atoms in total. The molecular weight excluding hydrogens is 260 g/mol. The van der Waals surface area contributed by atoms with Crippen molar-refractivity contribution >= 4 is 0 Å². The Morgan fingerprint density at radius 3 is 2.90 bits per heavy atom. The Labute approximate surface area is 128 Å². The van der Waals surface area contributed by atoms with Crippen LogP contribution < -0.4 is 5.32 Å². The highest BCUT2D eigenvalue weighted by atomic mass is 15.3. The average molecular weight is 290 g/mol. The molecule has 2 heterocycles. The summed E-state index contributed by atoms with van der Waals surface area (Å²) in [6.07, 6.45) is 10.1. The van der Waals surface area contributed by atoms with Crippen molar-refractivity contribution in [3.63, 3.8) is 0 Å². The van der Waals surface area contributed by atoms with Gasteiger partial charge in [-0.3, -0.25) is 9.58 Å². The summed E-state index contributed by atoms with van der Waals surface area (Å²) < 4.78 is 2.23. The van der Waals surface area contributed by atoms with Gasteiger partial charge in [-0.25, -0.2) is 0 Å². The molecule has 1 saturated heterocycles. The molecule has 0 bridgehead atoms. The predicted octanol–water partition coefficient (Wildman–Crippen LogP) is 2.96. The second-order valence-corrected chi connectivity index (χ2v) is 7.13. The maximum atomic E-state index is 4.86. The van der Waals surface area contributed by atoms with Crippen molar-refractivity contribution in [2.75, 3.05) is 19.6 Å². The summed E-state index contributed by atoms with van der Waals surface area (Å²) in [5.41, 5.74) is 1.51. The highest BCUT2D eigenvalue weighted by Gasteiger charge is 2.28. The Bertz CT molecular complexity index is 449. The maximum absolute atomic E-state index is 4.86. The zero-order valence-electron chi connectivity index (χ0n) is 13.6. The molecule has 0 radical (unpaired) electrons. The molecular formula is C17H30N4. The third-order valence-corrected chi connectivity index (χ3v) is 5.33. The van der Waals surface area contributed by atoms with Crippen LogP contribution in [0.4, 0.5) is 0 Å². The number of hydrogen-bond donors (Lipinski definition) is 1. The summed E-state index contributed by atoms with van der Waals surface area (Å²) >= 11 is 0. The monoisotopic (exact) mass is 290 g/mol. The Kier molecular flexibility index (Phi) is 4.65. The molecule has 21 heavy (non-hydrogen) atoms. The van der Waals surface area contributed by atoms with Crippen molar-refractivity contribution < 1.29 is 0 Å². The van der Waals surface area contributed by atoms with E-state index in [-0.39, 0.29) is 5.54 Å². The summed E-state index contributed by atoms with van der Waals surface area (Å²) in [7, 11) is 0. The van der Waals surface area contributed by atoms with Gasteiger partial charge in [0.05, 0.1) is 11.7 Å². The van der Waals surface area contributed by atoms with Gasteiger partial charge in [0.15, 0.2) is 0 Å². The van der Waals surface area contributed by atoms with Crippen molar-refractivity contribution in [1.29, 1.82) is 0 Å². The summed E-state index contributed by atoms with van der Waals surface area (Å²) in [5, 5.41) is 8.51. The minimum atomic E-state index is 0.268. The van der Waals surface area contributed by atoms with E-state index >= 15 is 0 Å². The minimum absolute atomic E-state index is 0.268. The zero-order valence-corrected chi connectivity index (χ0v) is 13.6. The van der Waals surface area contributed by atoms with Gasteiger partial charge >= 0.3 is 0 Å². The second kappa shape index (κ2) is 6.49. The third kappa shape index (κ3) is 3.67. The van der Waals surface area contributed by atoms with Crippen LogP contribution in [0.25, 0.3) is 0 Å². The predicted molar refractivity (Wildman–Crippen MR) is 86.3 cm³/mol. The number of rotatable bonds is 4. The van der Waals surface area contributed by atoms with Crippen LogP contribution in [0.15, 0.2) is 12.3 Å². The van der Waals surface area contributed by atoms with Gasteiger partial charge in [0.25, 0.3) is 0 Å². The molecule has 1 N–H and O–H groups in total. The fourth-order valence-corrected chi connectivity index (χ4v) is 3.76. The van der Waals surface area contributed by atoms with Crippen LogP contribution in [0, 0.1) is 0 Å². The number of nitrogens with zero attached hydrogens (tertiary/aromatic N) is 3. The number of nitrogens with one attached hydrogen (secondary N) is 1. The molecule has 1 unspecified atom stereocenters. The molecule has 0 spiro atoms. The topological polar surface area (TPSA) is 33.1 Å². The van der Waals surface area contributed by atoms with E-state index in [1.807, 2.05) is 0 Å². The smallest absolute Gasteiger partial charge is 0.0764 e. The molecule has 1 saturated carbocycles. The van der Waals surface area contributed by atoms with Crippen LogP contribution in [-0.2, 0) is 6.54 Å². The van der Waals surface area contributed by atoms with Crippen molar-refractivity contribution in [2.45, 2.75) is 70.5 Å². The van der Waals surface area contributed by atoms with Gasteiger partial charge in [-0.1, -0.05) is 26.2 Å². The summed E-state index contributed by atoms with van der Waals surface area (Å²) in [6, 6.07) is 2.87. The molecule has 1 aliphatic carbocycles. The first-order valence-corrected chi connectivity index (χ1v) is 8.70. The van der Waals surface area contributed by atoms with E-state index in [2.05, 4.69) is 41.0 Å². The van der Waals surface area contributed by atoms with E-state index in [9.17, 15) is 0 Å². The lowest BCUT2D eigenvalue weighted by Crippen LogP contribution is -2.58. The van der Waals surface area contributed by atoms with E-state index < -0.39 is 0 Å². The minimum Gasteiger partial charge on any atom is -0.309 e. The third-order valence-electron chi connectivity index (χ3n) is 5.33. The summed E-state index contributed by atoms with van der Waals surface area (Å²) in [5.74, 6) is 0. The first-order valence-electron chi connectivity index (χ1n) is 8.70. The van der Waals surface area contributed by atoms with Gasteiger partial charge in [-0.15, -0.1) is 0 Å². The maximum Gasteiger partial charge on any atom is 0.0764 e. The quantitative estimate of drug-likeness (QED) is 0.925. The molecule has 0 aromatic carbocycles. The van der Waals surface area contributed by atoms with Gasteiger partial charge in [0.1, 0.15) is 0 Å². The molecule has 2 aliphatic rings. The van der Waals surface area contributed by atoms with Gasteiger partial charge in [0.2, 0.25) is 0 Å². The number of hydrogen-bond acceptors (Lipinski definition) is 3. The first kappa shape index (κ1) is 15.0. The molecule has 3 rings (SSSR count). The Morgan fingerprint density at radius 2 is 2.14 bits per heavy atom. The van der Waals surface area contributed by atoms with E-state index in [0.717, 1.165) is 26.2 Å². The van der Waals surface area contributed by atoms with Crippen molar-refractivity contribution in [3.05, 3.63) is 18.0 Å². The lowest BCUT2D eigenvalue weighted by atomic mass is 9.96. The summed E-state index contributed by atoms with van der Waals surface area (Å²) in [4.78, 5) is 2.55. The van der Waals surface area contributed by atoms with Crippen LogP contribution in [0.3, 0.4) is 0 Å². The van der Waals surface area contributed by atoms with Gasteiger partial charge in [-0.2, -0.15) is 5.10 Å². The lowest BCUT2D eigenvalue weighted by molar-refractivity contribution is 0.132. The highest BCUT2D eigenvalue weighted by Crippen LogP contribution is 2.27. The largest absolute Gasteiger partial charge is 0.309 e. The molecule has 0 amide bonds. The second-order valence-electron chi connectivity index (χ2n) is 7.13. The molecule has 1 aromatic rings. The Morgan fingerprint density at radius 1 is 1.33 bits per heavy atom. The SMILES string of the molecule is CCC1(C)CN(Cc2ccn(C3CCCCC3)n2)CCN1. The van der Waals surface area contributed by atoms with Crippen LogP contribution in [0.2, 0.25) is 0 Å². The van der Waals surface area contributed by atoms with Crippen LogP contribution >= 0.6 is 0 Å². The Hall–Kier alpha value is -0.870. The number of piperazine rings is 1. The van der Waals surface area contributed by atoms with Crippen LogP contribution in [0.5, 0.6) is 0 Å². The average Bonchev–Trinajstić information content (AvgIpc) is 2.97. The van der Waals surface area contributed by atoms with E-state index in [1.165, 1.54) is 44.2 Å². The van der Waals surface area contributed by atoms with Gasteiger partial charge in [0, 0.05) is 37.9 Å². The van der Waals surface area contributed by atoms with E-state index in [1.54, 1.807) is 0 Å². The molecule has 118 valence electrons. The van der Waals surface area contributed by atoms with Crippen LogP contribution in [0.1, 0.15) is 64.1 Å². The molecule has 1 atom stereocenters. The lowest BCUT2D eigenvalue weighted by Gasteiger charge is -2.40. The number of aromatic nitrogens is 2. The standard InChI is InChI=1S/C17H30N4/c1-3-17(2)14-20(12-10-18-17)13-15-9-11-21(19-15)16-7-5-4-6-8-16/h9,11,16,18H,3-8,10,12-14H2,1-2H3. The molecule has 2 fully saturated rings. The normalized spacial score (nSPS) is 28.9. The first-order chi connectivity index (χ1) is 10.2. The van der Waals surface area contributed by atoms with E-state index in [0.29, 0.717) is 6.04 Å².